The molecule has 112 valence electrons. The summed E-state index contributed by atoms with van der Waals surface area (Å²) in [5.74, 6) is -2.36. The van der Waals surface area contributed by atoms with E-state index in [1.54, 1.807) is 4.68 Å². The molecule has 0 N–H and O–H groups in total. The number of halogens is 4. The first kappa shape index (κ1) is 16.3. The van der Waals surface area contributed by atoms with Gasteiger partial charge in [-0.3, -0.25) is 9.48 Å². The molecule has 0 radical (unpaired) electrons. The number of hydrogen-bond donors (Lipinski definition) is 0. The van der Waals surface area contributed by atoms with Crippen molar-refractivity contribution < 1.29 is 13.6 Å². The monoisotopic (exact) mass is 420 g/mol. The molecule has 0 atom stereocenters. The van der Waals surface area contributed by atoms with Crippen LogP contribution in [0.15, 0.2) is 21.1 Å². The van der Waals surface area contributed by atoms with Gasteiger partial charge >= 0.3 is 0 Å². The summed E-state index contributed by atoms with van der Waals surface area (Å²) in [6.07, 6.45) is 0.0545. The zero-order valence-electron chi connectivity index (χ0n) is 11.4. The fourth-order valence-electron chi connectivity index (χ4n) is 2.03. The van der Waals surface area contributed by atoms with E-state index in [4.69, 9.17) is 0 Å². The van der Waals surface area contributed by atoms with Crippen LogP contribution in [0.3, 0.4) is 0 Å². The van der Waals surface area contributed by atoms with Gasteiger partial charge in [-0.25, -0.2) is 8.78 Å². The van der Waals surface area contributed by atoms with Gasteiger partial charge in [-0.2, -0.15) is 5.10 Å². The third-order valence-electron chi connectivity index (χ3n) is 3.12. The Hall–Kier alpha value is -1.08. The predicted octanol–water partition coefficient (Wildman–Crippen LogP) is 4.44. The van der Waals surface area contributed by atoms with Crippen LogP contribution in [-0.4, -0.2) is 15.6 Å². The molecule has 0 aliphatic heterocycles. The normalized spacial score (nSPS) is 11.0. The maximum atomic E-state index is 13.5. The van der Waals surface area contributed by atoms with Crippen LogP contribution in [0, 0.1) is 18.6 Å². The molecule has 0 saturated heterocycles. The molecule has 2 aromatic rings. The van der Waals surface area contributed by atoms with E-state index in [1.807, 2.05) is 13.8 Å². The van der Waals surface area contributed by atoms with Gasteiger partial charge < -0.3 is 0 Å². The standard InChI is InChI=1S/C14H12Br2F2N2O/c1-3-20-10(12(15)7(2)19-20)6-11(21)8-4-5-9(17)14(18)13(8)16/h4-5H,3,6H2,1-2H3. The summed E-state index contributed by atoms with van der Waals surface area (Å²) >= 11 is 6.34. The molecule has 3 nitrogen and oxygen atoms in total. The molecule has 0 fully saturated rings. The molecule has 0 saturated carbocycles. The van der Waals surface area contributed by atoms with Crippen molar-refractivity contribution in [2.75, 3.05) is 0 Å². The van der Waals surface area contributed by atoms with E-state index < -0.39 is 11.6 Å². The van der Waals surface area contributed by atoms with Crippen molar-refractivity contribution in [2.24, 2.45) is 0 Å². The fraction of sp³-hybridized carbons (Fsp3) is 0.286. The third-order valence-corrected chi connectivity index (χ3v) is 4.92. The number of benzene rings is 1. The van der Waals surface area contributed by atoms with Crippen LogP contribution in [-0.2, 0) is 13.0 Å². The molecule has 2 rings (SSSR count). The molecule has 0 bridgehead atoms. The van der Waals surface area contributed by atoms with Gasteiger partial charge in [0.25, 0.3) is 0 Å². The lowest BCUT2D eigenvalue weighted by Crippen LogP contribution is -2.11. The highest BCUT2D eigenvalue weighted by Gasteiger charge is 2.20. The molecule has 0 unspecified atom stereocenters. The molecule has 1 heterocycles. The van der Waals surface area contributed by atoms with E-state index >= 15 is 0 Å². The smallest absolute Gasteiger partial charge is 0.173 e. The maximum Gasteiger partial charge on any atom is 0.173 e. The quantitative estimate of drug-likeness (QED) is 0.540. The van der Waals surface area contributed by atoms with Crippen LogP contribution < -0.4 is 0 Å². The highest BCUT2D eigenvalue weighted by Crippen LogP contribution is 2.27. The molecule has 1 aromatic carbocycles. The molecule has 0 aliphatic rings. The van der Waals surface area contributed by atoms with Gasteiger partial charge in [0.1, 0.15) is 0 Å². The zero-order valence-corrected chi connectivity index (χ0v) is 14.6. The number of hydrogen-bond acceptors (Lipinski definition) is 2. The topological polar surface area (TPSA) is 34.9 Å². The minimum atomic E-state index is -1.06. The minimum absolute atomic E-state index is 0.0545. The molecule has 0 aliphatic carbocycles. The van der Waals surface area contributed by atoms with Crippen molar-refractivity contribution in [1.82, 2.24) is 9.78 Å². The SMILES string of the molecule is CCn1nc(C)c(Br)c1CC(=O)c1ccc(F)c(F)c1Br. The third kappa shape index (κ3) is 3.08. The molecular formula is C14H12Br2F2N2O. The van der Waals surface area contributed by atoms with Crippen molar-refractivity contribution in [1.29, 1.82) is 0 Å². The molecule has 1 aromatic heterocycles. The van der Waals surface area contributed by atoms with E-state index in [0.29, 0.717) is 6.54 Å². The van der Waals surface area contributed by atoms with Crippen LogP contribution in [0.4, 0.5) is 8.78 Å². The summed E-state index contributed by atoms with van der Waals surface area (Å²) in [6.45, 7) is 4.37. The number of rotatable bonds is 4. The number of aryl methyl sites for hydroxylation is 2. The van der Waals surface area contributed by atoms with Gasteiger partial charge in [0.05, 0.1) is 26.8 Å². The number of ketones is 1. The Morgan fingerprint density at radius 1 is 1.29 bits per heavy atom. The predicted molar refractivity (Wildman–Crippen MR) is 82.4 cm³/mol. The fourth-order valence-corrected chi connectivity index (χ4v) is 2.99. The number of nitrogens with zero attached hydrogens (tertiary/aromatic N) is 2. The van der Waals surface area contributed by atoms with Gasteiger partial charge in [0, 0.05) is 12.1 Å². The Morgan fingerprint density at radius 2 is 1.95 bits per heavy atom. The minimum Gasteiger partial charge on any atom is -0.294 e. The summed E-state index contributed by atoms with van der Waals surface area (Å²) < 4.78 is 28.9. The van der Waals surface area contributed by atoms with Gasteiger partial charge in [0.15, 0.2) is 17.4 Å². The van der Waals surface area contributed by atoms with E-state index in [9.17, 15) is 13.6 Å². The molecule has 21 heavy (non-hydrogen) atoms. The Kier molecular flexibility index (Phi) is 4.93. The van der Waals surface area contributed by atoms with Crippen LogP contribution in [0.2, 0.25) is 0 Å². The second-order valence-electron chi connectivity index (χ2n) is 4.48. The van der Waals surface area contributed by atoms with Crippen LogP contribution >= 0.6 is 31.9 Å². The van der Waals surface area contributed by atoms with Crippen molar-refractivity contribution in [3.05, 3.63) is 49.7 Å². The zero-order chi connectivity index (χ0) is 15.7. The Morgan fingerprint density at radius 3 is 2.57 bits per heavy atom. The lowest BCUT2D eigenvalue weighted by atomic mass is 10.1. The maximum absolute atomic E-state index is 13.5. The largest absolute Gasteiger partial charge is 0.294 e. The molecule has 0 amide bonds. The molecule has 7 heteroatoms. The lowest BCUT2D eigenvalue weighted by molar-refractivity contribution is 0.0989. The van der Waals surface area contributed by atoms with Crippen molar-refractivity contribution in [2.45, 2.75) is 26.8 Å². The first-order chi connectivity index (χ1) is 9.86. The summed E-state index contributed by atoms with van der Waals surface area (Å²) in [4.78, 5) is 12.3. The summed E-state index contributed by atoms with van der Waals surface area (Å²) in [6, 6.07) is 2.23. The van der Waals surface area contributed by atoms with E-state index in [2.05, 4.69) is 37.0 Å². The summed E-state index contributed by atoms with van der Waals surface area (Å²) in [5, 5.41) is 4.30. The second-order valence-corrected chi connectivity index (χ2v) is 6.07. The summed E-state index contributed by atoms with van der Waals surface area (Å²) in [7, 11) is 0. The van der Waals surface area contributed by atoms with Gasteiger partial charge in [-0.15, -0.1) is 0 Å². The highest BCUT2D eigenvalue weighted by molar-refractivity contribution is 9.10. The Labute approximate surface area is 137 Å². The van der Waals surface area contributed by atoms with Crippen molar-refractivity contribution in [3.63, 3.8) is 0 Å². The highest BCUT2D eigenvalue weighted by atomic mass is 79.9. The average Bonchev–Trinajstić information content (AvgIpc) is 2.72. The Balaban J connectivity index is 2.37. The van der Waals surface area contributed by atoms with Crippen molar-refractivity contribution >= 4 is 37.6 Å². The number of carbonyl (C=O) groups excluding carboxylic acids is 1. The van der Waals surface area contributed by atoms with Crippen LogP contribution in [0.1, 0.15) is 28.7 Å². The average molecular weight is 422 g/mol. The number of carbonyl (C=O) groups is 1. The number of Topliss-reactive ketones (excluding diaryl/α,β-unsaturated/α-hetero) is 1. The first-order valence-electron chi connectivity index (χ1n) is 6.25. The van der Waals surface area contributed by atoms with Gasteiger partial charge in [0.2, 0.25) is 0 Å². The lowest BCUT2D eigenvalue weighted by Gasteiger charge is -2.07. The number of aromatic nitrogens is 2. The van der Waals surface area contributed by atoms with Gasteiger partial charge in [-0.05, 0) is 57.8 Å². The van der Waals surface area contributed by atoms with Crippen LogP contribution in [0.5, 0.6) is 0 Å². The molecule has 0 spiro atoms. The Bertz CT molecular complexity index is 713. The van der Waals surface area contributed by atoms with E-state index in [1.165, 1.54) is 6.07 Å². The van der Waals surface area contributed by atoms with Gasteiger partial charge in [-0.1, -0.05) is 0 Å². The molecular weight excluding hydrogens is 410 g/mol. The second kappa shape index (κ2) is 6.36. The van der Waals surface area contributed by atoms with Crippen LogP contribution in [0.25, 0.3) is 0 Å². The first-order valence-corrected chi connectivity index (χ1v) is 7.83. The summed E-state index contributed by atoms with van der Waals surface area (Å²) in [5.41, 5.74) is 1.61. The van der Waals surface area contributed by atoms with E-state index in [-0.39, 0.29) is 22.2 Å². The van der Waals surface area contributed by atoms with Crippen molar-refractivity contribution in [3.8, 4) is 0 Å². The van der Waals surface area contributed by atoms with E-state index in [0.717, 1.165) is 21.9 Å².